The molecule has 1 N–H and O–H groups in total. The van der Waals surface area contributed by atoms with Crippen molar-refractivity contribution < 1.29 is 4.52 Å². The van der Waals surface area contributed by atoms with E-state index in [2.05, 4.69) is 22.3 Å². The van der Waals surface area contributed by atoms with Gasteiger partial charge in [0.2, 0.25) is 0 Å². The highest BCUT2D eigenvalue weighted by Crippen LogP contribution is 2.19. The number of nitrogens with zero attached hydrogens (tertiary/aromatic N) is 3. The lowest BCUT2D eigenvalue weighted by Crippen LogP contribution is -2.17. The molecular weight excluding hydrogens is 252 g/mol. The van der Waals surface area contributed by atoms with Gasteiger partial charge in [0, 0.05) is 18.4 Å². The molecule has 2 rings (SSSR count). The highest BCUT2D eigenvalue weighted by molar-refractivity contribution is 7.98. The number of aromatic amines is 1. The van der Waals surface area contributed by atoms with Crippen LogP contribution in [0.25, 0.3) is 0 Å². The van der Waals surface area contributed by atoms with Gasteiger partial charge in [-0.3, -0.25) is 4.57 Å². The molecule has 0 spiro atoms. The maximum Gasteiger partial charge on any atom is 0.343 e. The standard InChI is InChI=1S/C11H16N4O2S/c1-3-4-5-15-10(16)12-13-11(15)18-7-9-6-8(2)17-14-9/h6H,3-5,7H2,1-2H3,(H,12,16). The lowest BCUT2D eigenvalue weighted by molar-refractivity contribution is 0.393. The van der Waals surface area contributed by atoms with Gasteiger partial charge in [-0.2, -0.15) is 0 Å². The van der Waals surface area contributed by atoms with Crippen molar-refractivity contribution in [2.75, 3.05) is 0 Å². The zero-order valence-electron chi connectivity index (χ0n) is 10.5. The van der Waals surface area contributed by atoms with Crippen LogP contribution in [0.2, 0.25) is 0 Å². The molecule has 7 heteroatoms. The Kier molecular flexibility index (Phi) is 4.24. The van der Waals surface area contributed by atoms with Gasteiger partial charge in [0.15, 0.2) is 5.16 Å². The Bertz CT molecular complexity index is 557. The van der Waals surface area contributed by atoms with Crippen molar-refractivity contribution in [2.24, 2.45) is 0 Å². The fraction of sp³-hybridized carbons (Fsp3) is 0.545. The SMILES string of the molecule is CCCCn1c(SCc2cc(C)on2)n[nH]c1=O. The number of H-pyrrole nitrogens is 1. The van der Waals surface area contributed by atoms with Crippen molar-refractivity contribution in [1.82, 2.24) is 19.9 Å². The molecule has 2 heterocycles. The van der Waals surface area contributed by atoms with Gasteiger partial charge in [0.05, 0.1) is 5.69 Å². The number of hydrogen-bond donors (Lipinski definition) is 1. The Hall–Kier alpha value is -1.50. The van der Waals surface area contributed by atoms with Crippen molar-refractivity contribution in [3.8, 4) is 0 Å². The molecule has 0 saturated carbocycles. The molecule has 0 bridgehead atoms. The molecule has 0 amide bonds. The summed E-state index contributed by atoms with van der Waals surface area (Å²) in [7, 11) is 0. The van der Waals surface area contributed by atoms with Crippen LogP contribution in [-0.2, 0) is 12.3 Å². The quantitative estimate of drug-likeness (QED) is 0.810. The number of aryl methyl sites for hydroxylation is 1. The number of rotatable bonds is 6. The zero-order chi connectivity index (χ0) is 13.0. The van der Waals surface area contributed by atoms with Crippen LogP contribution in [-0.4, -0.2) is 19.9 Å². The van der Waals surface area contributed by atoms with Crippen LogP contribution < -0.4 is 5.69 Å². The van der Waals surface area contributed by atoms with E-state index in [0.29, 0.717) is 17.5 Å². The van der Waals surface area contributed by atoms with Crippen molar-refractivity contribution in [1.29, 1.82) is 0 Å². The van der Waals surface area contributed by atoms with E-state index in [1.807, 2.05) is 13.0 Å². The average molecular weight is 268 g/mol. The molecule has 0 aliphatic rings. The largest absolute Gasteiger partial charge is 0.361 e. The topological polar surface area (TPSA) is 76.7 Å². The van der Waals surface area contributed by atoms with Crippen molar-refractivity contribution in [3.63, 3.8) is 0 Å². The number of thioether (sulfide) groups is 1. The summed E-state index contributed by atoms with van der Waals surface area (Å²) in [6.45, 7) is 4.65. The van der Waals surface area contributed by atoms with Crippen LogP contribution in [0.1, 0.15) is 31.2 Å². The van der Waals surface area contributed by atoms with E-state index in [1.165, 1.54) is 11.8 Å². The van der Waals surface area contributed by atoms with Crippen LogP contribution in [0, 0.1) is 6.92 Å². The van der Waals surface area contributed by atoms with Crippen LogP contribution in [0.15, 0.2) is 20.5 Å². The lowest BCUT2D eigenvalue weighted by Gasteiger charge is -2.02. The predicted molar refractivity (Wildman–Crippen MR) is 68.6 cm³/mol. The molecule has 0 atom stereocenters. The Morgan fingerprint density at radius 2 is 2.39 bits per heavy atom. The maximum absolute atomic E-state index is 11.6. The minimum atomic E-state index is -0.151. The molecule has 0 unspecified atom stereocenters. The molecule has 0 aliphatic heterocycles. The summed E-state index contributed by atoms with van der Waals surface area (Å²) < 4.78 is 6.66. The fourth-order valence-corrected chi connectivity index (χ4v) is 2.40. The van der Waals surface area contributed by atoms with Gasteiger partial charge in [0.1, 0.15) is 5.76 Å². The van der Waals surface area contributed by atoms with E-state index in [1.54, 1.807) is 4.57 Å². The lowest BCUT2D eigenvalue weighted by atomic mass is 10.3. The molecule has 0 aromatic carbocycles. The van der Waals surface area contributed by atoms with Crippen LogP contribution in [0.5, 0.6) is 0 Å². The maximum atomic E-state index is 11.6. The van der Waals surface area contributed by atoms with Gasteiger partial charge in [-0.1, -0.05) is 30.3 Å². The third kappa shape index (κ3) is 3.04. The van der Waals surface area contributed by atoms with E-state index in [9.17, 15) is 4.79 Å². The van der Waals surface area contributed by atoms with Gasteiger partial charge >= 0.3 is 5.69 Å². The summed E-state index contributed by atoms with van der Waals surface area (Å²) in [6.07, 6.45) is 2.01. The number of unbranched alkanes of at least 4 members (excludes halogenated alkanes) is 1. The van der Waals surface area contributed by atoms with Gasteiger partial charge in [-0.25, -0.2) is 9.89 Å². The highest BCUT2D eigenvalue weighted by atomic mass is 32.2. The number of nitrogens with one attached hydrogen (secondary N) is 1. The fourth-order valence-electron chi connectivity index (χ4n) is 1.55. The smallest absolute Gasteiger partial charge is 0.343 e. The second-order valence-corrected chi connectivity index (χ2v) is 4.98. The molecule has 0 aliphatic carbocycles. The van der Waals surface area contributed by atoms with E-state index in [4.69, 9.17) is 4.52 Å². The first-order valence-electron chi connectivity index (χ1n) is 5.91. The monoisotopic (exact) mass is 268 g/mol. The highest BCUT2D eigenvalue weighted by Gasteiger charge is 2.09. The normalized spacial score (nSPS) is 11.0. The van der Waals surface area contributed by atoms with Crippen LogP contribution >= 0.6 is 11.8 Å². The zero-order valence-corrected chi connectivity index (χ0v) is 11.3. The Morgan fingerprint density at radius 3 is 3.06 bits per heavy atom. The molecule has 0 saturated heterocycles. The molecule has 2 aromatic heterocycles. The van der Waals surface area contributed by atoms with Crippen LogP contribution in [0.3, 0.4) is 0 Å². The first kappa shape index (κ1) is 12.9. The third-order valence-corrected chi connectivity index (χ3v) is 3.49. The van der Waals surface area contributed by atoms with Gasteiger partial charge in [-0.05, 0) is 13.3 Å². The average Bonchev–Trinajstić information content (AvgIpc) is 2.91. The van der Waals surface area contributed by atoms with Crippen LogP contribution in [0.4, 0.5) is 0 Å². The molecule has 18 heavy (non-hydrogen) atoms. The van der Waals surface area contributed by atoms with Crippen molar-refractivity contribution in [3.05, 3.63) is 28.0 Å². The minimum Gasteiger partial charge on any atom is -0.361 e. The molecular formula is C11H16N4O2S. The summed E-state index contributed by atoms with van der Waals surface area (Å²) in [5, 5.41) is 11.1. The van der Waals surface area contributed by atoms with Crippen molar-refractivity contribution >= 4 is 11.8 Å². The van der Waals surface area contributed by atoms with E-state index in [0.717, 1.165) is 24.3 Å². The summed E-state index contributed by atoms with van der Waals surface area (Å²) in [5.41, 5.74) is 0.706. The first-order chi connectivity index (χ1) is 8.70. The first-order valence-corrected chi connectivity index (χ1v) is 6.89. The predicted octanol–water partition coefficient (Wildman–Crippen LogP) is 1.96. The molecule has 0 fully saturated rings. The number of aromatic nitrogens is 4. The van der Waals surface area contributed by atoms with Crippen molar-refractivity contribution in [2.45, 2.75) is 44.1 Å². The Morgan fingerprint density at radius 1 is 1.56 bits per heavy atom. The Labute approximate surface area is 109 Å². The molecule has 6 nitrogen and oxygen atoms in total. The van der Waals surface area contributed by atoms with Gasteiger partial charge in [0.25, 0.3) is 0 Å². The van der Waals surface area contributed by atoms with E-state index in [-0.39, 0.29) is 5.69 Å². The third-order valence-electron chi connectivity index (χ3n) is 2.48. The van der Waals surface area contributed by atoms with E-state index < -0.39 is 0 Å². The molecule has 98 valence electrons. The Balaban J connectivity index is 2.02. The summed E-state index contributed by atoms with van der Waals surface area (Å²) in [6, 6.07) is 1.88. The van der Waals surface area contributed by atoms with Gasteiger partial charge in [-0.15, -0.1) is 5.10 Å². The number of hydrogen-bond acceptors (Lipinski definition) is 5. The summed E-state index contributed by atoms with van der Waals surface area (Å²) >= 11 is 1.48. The molecule has 0 radical (unpaired) electrons. The second-order valence-electron chi connectivity index (χ2n) is 4.03. The second kappa shape index (κ2) is 5.90. The van der Waals surface area contributed by atoms with E-state index >= 15 is 0 Å². The van der Waals surface area contributed by atoms with Gasteiger partial charge < -0.3 is 4.52 Å². The minimum absolute atomic E-state index is 0.151. The molecule has 2 aromatic rings. The summed E-state index contributed by atoms with van der Waals surface area (Å²) in [4.78, 5) is 11.6. The summed E-state index contributed by atoms with van der Waals surface area (Å²) in [5.74, 6) is 1.43.